The Morgan fingerprint density at radius 2 is 1.21 bits per heavy atom. The molecule has 9 nitrogen and oxygen atoms in total. The van der Waals surface area contributed by atoms with E-state index in [2.05, 4.69) is 0 Å². The van der Waals surface area contributed by atoms with Gasteiger partial charge in [0.25, 0.3) is 10.1 Å². The van der Waals surface area contributed by atoms with Crippen molar-refractivity contribution in [2.75, 3.05) is 28.7 Å². The molecule has 2 aromatic rings. The number of anilines is 5. The van der Waals surface area contributed by atoms with Crippen LogP contribution >= 0.6 is 0 Å². The summed E-state index contributed by atoms with van der Waals surface area (Å²) in [6.07, 6.45) is 0. The van der Waals surface area contributed by atoms with Gasteiger partial charge in [-0.2, -0.15) is 8.42 Å². The zero-order valence-corrected chi connectivity index (χ0v) is 13.3. The Labute approximate surface area is 138 Å². The number of hydrogen-bond acceptors (Lipinski definition) is 8. The normalized spacial score (nSPS) is 12.7. The van der Waals surface area contributed by atoms with Crippen molar-refractivity contribution in [3.63, 3.8) is 0 Å². The first-order chi connectivity index (χ1) is 11.1. The molecule has 0 aliphatic rings. The average molecular weight is 350 g/mol. The van der Waals surface area contributed by atoms with E-state index in [0.717, 1.165) is 0 Å². The molecule has 0 amide bonds. The first-order valence-corrected chi connectivity index (χ1v) is 8.05. The Hall–Kier alpha value is -3.11. The molecule has 128 valence electrons. The summed E-state index contributed by atoms with van der Waals surface area (Å²) in [7, 11) is -4.70. The lowest BCUT2D eigenvalue weighted by Gasteiger charge is -2.19. The minimum Gasteiger partial charge on any atom is -0.397 e. The highest BCUT2D eigenvalue weighted by atomic mass is 32.2. The minimum atomic E-state index is -4.70. The van der Waals surface area contributed by atoms with Crippen LogP contribution in [0.3, 0.4) is 0 Å². The van der Waals surface area contributed by atoms with Gasteiger partial charge < -0.3 is 34.4 Å². The lowest BCUT2D eigenvalue weighted by atomic mass is 10.0. The van der Waals surface area contributed by atoms with Crippen molar-refractivity contribution in [3.8, 4) is 0 Å². The second-order valence-electron chi connectivity index (χ2n) is 5.03. The summed E-state index contributed by atoms with van der Waals surface area (Å²) in [4.78, 5) is -0.565. The van der Waals surface area contributed by atoms with Crippen LogP contribution in [0.2, 0.25) is 0 Å². The molecule has 10 heteroatoms. The zero-order chi connectivity index (χ0) is 18.2. The molecule has 2 rings (SSSR count). The molecule has 0 saturated carbocycles. The highest BCUT2D eigenvalue weighted by molar-refractivity contribution is 7.95. The van der Waals surface area contributed by atoms with Gasteiger partial charge in [-0.15, -0.1) is 0 Å². The topological polar surface area (TPSA) is 210 Å². The quantitative estimate of drug-likeness (QED) is 0.229. The summed E-state index contributed by atoms with van der Waals surface area (Å²) in [6.45, 7) is 0. The molecule has 0 radical (unpaired) electrons. The van der Waals surface area contributed by atoms with E-state index in [1.54, 1.807) is 18.2 Å². The Kier molecular flexibility index (Phi) is 4.19. The molecule has 0 aliphatic heterocycles. The monoisotopic (exact) mass is 350 g/mol. The first kappa shape index (κ1) is 17.2. The highest BCUT2D eigenvalue weighted by Gasteiger charge is 2.26. The van der Waals surface area contributed by atoms with Crippen LogP contribution in [0.4, 0.5) is 28.4 Å². The van der Waals surface area contributed by atoms with Crippen molar-refractivity contribution in [1.82, 2.24) is 0 Å². The second kappa shape index (κ2) is 5.83. The zero-order valence-electron chi connectivity index (χ0n) is 12.5. The van der Waals surface area contributed by atoms with Crippen LogP contribution < -0.4 is 34.4 Å². The SMILES string of the molecule is NC(=C(c1ccccc1)S(=O)(=O)O)c1c(N)c(N)c(N)c(N)c1N. The van der Waals surface area contributed by atoms with E-state index >= 15 is 0 Å². The Bertz CT molecular complexity index is 910. The summed E-state index contributed by atoms with van der Waals surface area (Å²) < 4.78 is 33.3. The standard InChI is InChI=1S/C14H18N6O3S/c15-8-7(9(16)12(19)13(20)11(8)18)10(17)14(24(21,22)23)6-4-2-1-3-5-6/h1-5H,15-20H2,(H,21,22,23). The Balaban J connectivity index is 2.95. The average Bonchev–Trinajstić information content (AvgIpc) is 2.51. The van der Waals surface area contributed by atoms with Crippen LogP contribution in [0, 0.1) is 0 Å². The molecular weight excluding hydrogens is 332 g/mol. The Morgan fingerprint density at radius 1 is 0.792 bits per heavy atom. The number of benzene rings is 2. The molecule has 24 heavy (non-hydrogen) atoms. The van der Waals surface area contributed by atoms with Gasteiger partial charge in [-0.3, -0.25) is 4.55 Å². The first-order valence-electron chi connectivity index (χ1n) is 6.61. The summed E-state index contributed by atoms with van der Waals surface area (Å²) in [5.74, 6) is 0. The minimum absolute atomic E-state index is 0.0327. The molecule has 0 spiro atoms. The van der Waals surface area contributed by atoms with E-state index in [9.17, 15) is 13.0 Å². The van der Waals surface area contributed by atoms with E-state index in [-0.39, 0.29) is 39.6 Å². The van der Waals surface area contributed by atoms with E-state index in [4.69, 9.17) is 34.4 Å². The van der Waals surface area contributed by atoms with Crippen LogP contribution in [0.1, 0.15) is 11.1 Å². The van der Waals surface area contributed by atoms with Gasteiger partial charge >= 0.3 is 0 Å². The second-order valence-corrected chi connectivity index (χ2v) is 6.39. The van der Waals surface area contributed by atoms with Crippen LogP contribution in [0.15, 0.2) is 30.3 Å². The maximum Gasteiger partial charge on any atom is 0.297 e. The van der Waals surface area contributed by atoms with Crippen LogP contribution in [0.25, 0.3) is 10.6 Å². The fourth-order valence-electron chi connectivity index (χ4n) is 2.29. The van der Waals surface area contributed by atoms with Crippen LogP contribution in [-0.4, -0.2) is 13.0 Å². The van der Waals surface area contributed by atoms with Gasteiger partial charge in [0, 0.05) is 5.56 Å². The molecule has 2 aromatic carbocycles. The lowest BCUT2D eigenvalue weighted by Crippen LogP contribution is -2.16. The maximum atomic E-state index is 11.9. The summed E-state index contributed by atoms with van der Waals surface area (Å²) >= 11 is 0. The van der Waals surface area contributed by atoms with Crippen molar-refractivity contribution in [2.45, 2.75) is 0 Å². The summed E-state index contributed by atoms with van der Waals surface area (Å²) in [5.41, 5.74) is 34.1. The third kappa shape index (κ3) is 2.75. The fourth-order valence-corrected chi connectivity index (χ4v) is 3.10. The molecule has 0 aromatic heterocycles. The van der Waals surface area contributed by atoms with E-state index in [0.29, 0.717) is 0 Å². The lowest BCUT2D eigenvalue weighted by molar-refractivity contribution is 0.496. The molecular formula is C14H18N6O3S. The molecule has 0 atom stereocenters. The van der Waals surface area contributed by atoms with Gasteiger partial charge in [0.2, 0.25) is 0 Å². The van der Waals surface area contributed by atoms with Crippen molar-refractivity contribution < 1.29 is 13.0 Å². The number of nitrogen functional groups attached to an aromatic ring is 5. The maximum absolute atomic E-state index is 11.9. The van der Waals surface area contributed by atoms with Gasteiger partial charge in [0.15, 0.2) is 0 Å². The largest absolute Gasteiger partial charge is 0.397 e. The molecule has 0 aliphatic carbocycles. The van der Waals surface area contributed by atoms with E-state index in [1.807, 2.05) is 0 Å². The molecule has 0 fully saturated rings. The van der Waals surface area contributed by atoms with Crippen LogP contribution in [-0.2, 0) is 10.1 Å². The third-order valence-corrected chi connectivity index (χ3v) is 4.48. The van der Waals surface area contributed by atoms with E-state index in [1.165, 1.54) is 12.1 Å². The van der Waals surface area contributed by atoms with Gasteiger partial charge in [-0.1, -0.05) is 30.3 Å². The Morgan fingerprint density at radius 3 is 1.62 bits per heavy atom. The molecule has 0 bridgehead atoms. The van der Waals surface area contributed by atoms with Crippen molar-refractivity contribution in [2.24, 2.45) is 5.73 Å². The van der Waals surface area contributed by atoms with Gasteiger partial charge in [-0.25, -0.2) is 0 Å². The van der Waals surface area contributed by atoms with Gasteiger partial charge in [-0.05, 0) is 5.56 Å². The predicted molar refractivity (Wildman–Crippen MR) is 97.5 cm³/mol. The van der Waals surface area contributed by atoms with Crippen molar-refractivity contribution >= 4 is 49.2 Å². The molecule has 13 N–H and O–H groups in total. The van der Waals surface area contributed by atoms with Crippen molar-refractivity contribution in [3.05, 3.63) is 41.5 Å². The van der Waals surface area contributed by atoms with E-state index < -0.39 is 20.7 Å². The van der Waals surface area contributed by atoms with Crippen LogP contribution in [0.5, 0.6) is 0 Å². The number of hydrogen-bond donors (Lipinski definition) is 7. The van der Waals surface area contributed by atoms with Gasteiger partial charge in [0.05, 0.1) is 34.1 Å². The highest BCUT2D eigenvalue weighted by Crippen LogP contribution is 2.42. The predicted octanol–water partition coefficient (Wildman–Crippen LogP) is 0.270. The fraction of sp³-hybridized carbons (Fsp3) is 0. The number of rotatable bonds is 3. The summed E-state index contributed by atoms with van der Waals surface area (Å²) in [6, 6.07) is 7.72. The summed E-state index contributed by atoms with van der Waals surface area (Å²) in [5, 5.41) is 0. The molecule has 0 unspecified atom stereocenters. The molecule has 0 saturated heterocycles. The van der Waals surface area contributed by atoms with Crippen molar-refractivity contribution in [1.29, 1.82) is 0 Å². The molecule has 0 heterocycles. The number of nitrogens with two attached hydrogens (primary N) is 6. The third-order valence-electron chi connectivity index (χ3n) is 3.51. The van der Waals surface area contributed by atoms with Gasteiger partial charge in [0.1, 0.15) is 4.91 Å². The smallest absolute Gasteiger partial charge is 0.297 e.